The van der Waals surface area contributed by atoms with E-state index in [0.29, 0.717) is 13.0 Å². The van der Waals surface area contributed by atoms with Gasteiger partial charge in [-0.1, -0.05) is 0 Å². The van der Waals surface area contributed by atoms with Crippen LogP contribution in [0.5, 0.6) is 0 Å². The number of hydrogen-bond acceptors (Lipinski definition) is 4. The molecular weight excluding hydrogens is 218 g/mol. The van der Waals surface area contributed by atoms with Crippen molar-refractivity contribution in [3.63, 3.8) is 0 Å². The third kappa shape index (κ3) is 7.07. The molecule has 0 bridgehead atoms. The molecule has 0 aliphatic rings. The molecule has 0 saturated heterocycles. The van der Waals surface area contributed by atoms with Gasteiger partial charge in [0.05, 0.1) is 5.54 Å². The zero-order valence-electron chi connectivity index (χ0n) is 11.5. The van der Waals surface area contributed by atoms with Gasteiger partial charge in [-0.3, -0.25) is 9.59 Å². The number of Topliss-reactive ketones (excluding diaryl/α,β-unsaturated/α-hetero) is 1. The number of carbonyl (C=O) groups excluding carboxylic acids is 2. The Morgan fingerprint density at radius 3 is 2.12 bits per heavy atom. The minimum absolute atomic E-state index is 0.0503. The quantitative estimate of drug-likeness (QED) is 0.596. The number of nitrogens with two attached hydrogens (primary N) is 1. The monoisotopic (exact) mass is 243 g/mol. The normalized spacial score (nSPS) is 12.4. The number of rotatable bonds is 7. The second kappa shape index (κ2) is 6.12. The summed E-state index contributed by atoms with van der Waals surface area (Å²) in [5.74, 6) is -0.113. The highest BCUT2D eigenvalue weighted by Crippen LogP contribution is 2.06. The fourth-order valence-electron chi connectivity index (χ4n) is 1.19. The summed E-state index contributed by atoms with van der Waals surface area (Å²) >= 11 is 0. The van der Waals surface area contributed by atoms with Crippen molar-refractivity contribution in [2.24, 2.45) is 5.73 Å². The molecule has 100 valence electrons. The fourth-order valence-corrected chi connectivity index (χ4v) is 1.19. The van der Waals surface area contributed by atoms with Gasteiger partial charge in [0.1, 0.15) is 0 Å². The molecule has 4 N–H and O–H groups in total. The van der Waals surface area contributed by atoms with E-state index in [1.165, 1.54) is 0 Å². The van der Waals surface area contributed by atoms with Gasteiger partial charge in [0, 0.05) is 24.9 Å². The van der Waals surface area contributed by atoms with Crippen LogP contribution in [0.15, 0.2) is 0 Å². The number of ketones is 1. The Labute approximate surface area is 104 Å². The Bertz CT molecular complexity index is 280. The van der Waals surface area contributed by atoms with E-state index in [-0.39, 0.29) is 23.7 Å². The van der Waals surface area contributed by atoms with Gasteiger partial charge in [0.2, 0.25) is 5.91 Å². The van der Waals surface area contributed by atoms with E-state index in [1.54, 1.807) is 13.8 Å². The first kappa shape index (κ1) is 16.1. The lowest BCUT2D eigenvalue weighted by Crippen LogP contribution is -2.44. The molecule has 0 aromatic carbocycles. The summed E-state index contributed by atoms with van der Waals surface area (Å²) < 4.78 is 0. The number of hydrogen-bond donors (Lipinski definition) is 3. The van der Waals surface area contributed by atoms with Crippen LogP contribution in [-0.2, 0) is 9.59 Å². The van der Waals surface area contributed by atoms with Crippen LogP contribution in [0.25, 0.3) is 0 Å². The van der Waals surface area contributed by atoms with Crippen LogP contribution < -0.4 is 16.4 Å². The molecule has 0 aromatic rings. The average Bonchev–Trinajstić information content (AvgIpc) is 2.15. The molecule has 5 heteroatoms. The zero-order valence-corrected chi connectivity index (χ0v) is 11.5. The van der Waals surface area contributed by atoms with Crippen molar-refractivity contribution in [3.05, 3.63) is 0 Å². The highest BCUT2D eigenvalue weighted by Gasteiger charge is 2.22. The van der Waals surface area contributed by atoms with Crippen molar-refractivity contribution in [1.82, 2.24) is 10.6 Å². The van der Waals surface area contributed by atoms with Gasteiger partial charge in [-0.2, -0.15) is 0 Å². The van der Waals surface area contributed by atoms with Crippen LogP contribution in [0, 0.1) is 0 Å². The SMILES string of the molecule is CNC(C)(C)CC(=O)NCCC(=O)C(C)(C)N. The molecule has 5 nitrogen and oxygen atoms in total. The first-order valence-electron chi connectivity index (χ1n) is 5.86. The molecule has 0 atom stereocenters. The molecule has 0 aliphatic heterocycles. The minimum atomic E-state index is -0.824. The summed E-state index contributed by atoms with van der Waals surface area (Å²) in [4.78, 5) is 23.1. The minimum Gasteiger partial charge on any atom is -0.356 e. The summed E-state index contributed by atoms with van der Waals surface area (Å²) in [6, 6.07) is 0. The molecule has 0 heterocycles. The number of carbonyl (C=O) groups is 2. The Morgan fingerprint density at radius 2 is 1.71 bits per heavy atom. The van der Waals surface area contributed by atoms with Crippen molar-refractivity contribution >= 4 is 11.7 Å². The Morgan fingerprint density at radius 1 is 1.18 bits per heavy atom. The van der Waals surface area contributed by atoms with Gasteiger partial charge >= 0.3 is 0 Å². The maximum atomic E-state index is 11.6. The van der Waals surface area contributed by atoms with Gasteiger partial charge in [0.25, 0.3) is 0 Å². The topological polar surface area (TPSA) is 84.2 Å². The van der Waals surface area contributed by atoms with Crippen molar-refractivity contribution in [1.29, 1.82) is 0 Å². The predicted octanol–water partition coefficient (Wildman–Crippen LogP) is 0.187. The van der Waals surface area contributed by atoms with Crippen molar-refractivity contribution in [2.75, 3.05) is 13.6 Å². The van der Waals surface area contributed by atoms with Gasteiger partial charge in [0.15, 0.2) is 5.78 Å². The van der Waals surface area contributed by atoms with Crippen LogP contribution in [0.4, 0.5) is 0 Å². The number of nitrogens with one attached hydrogen (secondary N) is 2. The van der Waals surface area contributed by atoms with Crippen LogP contribution in [-0.4, -0.2) is 36.4 Å². The van der Waals surface area contributed by atoms with Crippen molar-refractivity contribution < 1.29 is 9.59 Å². The van der Waals surface area contributed by atoms with Gasteiger partial charge < -0.3 is 16.4 Å². The van der Waals surface area contributed by atoms with E-state index in [9.17, 15) is 9.59 Å². The van der Waals surface area contributed by atoms with E-state index in [2.05, 4.69) is 10.6 Å². The Balaban J connectivity index is 3.92. The van der Waals surface area contributed by atoms with E-state index < -0.39 is 5.54 Å². The average molecular weight is 243 g/mol. The third-order valence-corrected chi connectivity index (χ3v) is 2.67. The van der Waals surface area contributed by atoms with E-state index >= 15 is 0 Å². The summed E-state index contributed by atoms with van der Waals surface area (Å²) in [7, 11) is 1.81. The second-order valence-electron chi connectivity index (χ2n) is 5.56. The Kier molecular flexibility index (Phi) is 5.78. The number of amides is 1. The summed E-state index contributed by atoms with van der Waals surface area (Å²) in [6.07, 6.45) is 0.652. The summed E-state index contributed by atoms with van der Waals surface area (Å²) in [6.45, 7) is 7.57. The van der Waals surface area contributed by atoms with Gasteiger partial charge in [-0.15, -0.1) is 0 Å². The lowest BCUT2D eigenvalue weighted by molar-refractivity contribution is -0.124. The van der Waals surface area contributed by atoms with E-state index in [1.807, 2.05) is 20.9 Å². The van der Waals surface area contributed by atoms with Crippen molar-refractivity contribution in [2.45, 2.75) is 51.6 Å². The lowest BCUT2D eigenvalue weighted by atomic mass is 9.98. The van der Waals surface area contributed by atoms with Crippen LogP contribution >= 0.6 is 0 Å². The zero-order chi connectivity index (χ0) is 13.7. The maximum Gasteiger partial charge on any atom is 0.221 e. The highest BCUT2D eigenvalue weighted by atomic mass is 16.2. The third-order valence-electron chi connectivity index (χ3n) is 2.67. The van der Waals surface area contributed by atoms with E-state index in [0.717, 1.165) is 0 Å². The van der Waals surface area contributed by atoms with Gasteiger partial charge in [-0.25, -0.2) is 0 Å². The molecule has 0 aliphatic carbocycles. The molecule has 0 unspecified atom stereocenters. The van der Waals surface area contributed by atoms with Crippen molar-refractivity contribution in [3.8, 4) is 0 Å². The predicted molar refractivity (Wildman–Crippen MR) is 68.7 cm³/mol. The van der Waals surface area contributed by atoms with E-state index in [4.69, 9.17) is 5.73 Å². The van der Waals surface area contributed by atoms with Crippen LogP contribution in [0.1, 0.15) is 40.5 Å². The standard InChI is InChI=1S/C12H25N3O2/c1-11(2,14-5)8-10(17)15-7-6-9(16)12(3,4)13/h14H,6-8,13H2,1-5H3,(H,15,17). The summed E-state index contributed by atoms with van der Waals surface area (Å²) in [5, 5.41) is 5.77. The highest BCUT2D eigenvalue weighted by molar-refractivity contribution is 5.87. The molecule has 0 radical (unpaired) electrons. The van der Waals surface area contributed by atoms with Crippen LogP contribution in [0.2, 0.25) is 0 Å². The molecule has 0 spiro atoms. The molecule has 0 rings (SSSR count). The first-order chi connectivity index (χ1) is 7.58. The fraction of sp³-hybridized carbons (Fsp3) is 0.833. The summed E-state index contributed by atoms with van der Waals surface area (Å²) in [5.41, 5.74) is 4.59. The lowest BCUT2D eigenvalue weighted by Gasteiger charge is -2.23. The molecule has 0 aromatic heterocycles. The van der Waals surface area contributed by atoms with Gasteiger partial charge in [-0.05, 0) is 34.7 Å². The van der Waals surface area contributed by atoms with Crippen LogP contribution in [0.3, 0.4) is 0 Å². The molecule has 1 amide bonds. The molecular formula is C12H25N3O2. The molecule has 17 heavy (non-hydrogen) atoms. The first-order valence-corrected chi connectivity index (χ1v) is 5.86. The second-order valence-corrected chi connectivity index (χ2v) is 5.56. The smallest absolute Gasteiger partial charge is 0.221 e. The maximum absolute atomic E-state index is 11.6. The largest absolute Gasteiger partial charge is 0.356 e. The molecule has 0 fully saturated rings. The Hall–Kier alpha value is -0.940. The molecule has 0 saturated carbocycles.